The molecular weight excluding hydrogens is 220 g/mol. The Hall–Kier alpha value is 0.220. The Bertz CT molecular complexity index is 227. The highest BCUT2D eigenvalue weighted by Gasteiger charge is 2.11. The van der Waals surface area contributed by atoms with Gasteiger partial charge in [0.2, 0.25) is 10.0 Å². The van der Waals surface area contributed by atoms with Crippen molar-refractivity contribution < 1.29 is 8.42 Å². The summed E-state index contributed by atoms with van der Waals surface area (Å²) < 4.78 is 23.9. The molecule has 0 heterocycles. The predicted octanol–water partition coefficient (Wildman–Crippen LogP) is 0.221. The van der Waals surface area contributed by atoms with Crippen molar-refractivity contribution in [2.75, 3.05) is 44.9 Å². The smallest absolute Gasteiger partial charge is 0.214 e. The van der Waals surface area contributed by atoms with Crippen LogP contribution in [0.2, 0.25) is 0 Å². The molecule has 86 valence electrons. The van der Waals surface area contributed by atoms with Gasteiger partial charge in [-0.15, -0.1) is 0 Å². The third-order valence-corrected chi connectivity index (χ3v) is 4.32. The van der Waals surface area contributed by atoms with Crippen LogP contribution in [0, 0.1) is 0 Å². The van der Waals surface area contributed by atoms with Crippen molar-refractivity contribution in [2.45, 2.75) is 6.42 Å². The lowest BCUT2D eigenvalue weighted by Crippen LogP contribution is -2.31. The Morgan fingerprint density at radius 1 is 1.29 bits per heavy atom. The van der Waals surface area contributed by atoms with Gasteiger partial charge in [0.1, 0.15) is 0 Å². The molecule has 0 unspecified atom stereocenters. The molecule has 0 bridgehead atoms. The van der Waals surface area contributed by atoms with Crippen LogP contribution in [0.4, 0.5) is 0 Å². The van der Waals surface area contributed by atoms with Gasteiger partial charge in [-0.1, -0.05) is 0 Å². The highest BCUT2D eigenvalue weighted by molar-refractivity contribution is 7.98. The minimum atomic E-state index is -3.03. The molecule has 4 nitrogen and oxygen atoms in total. The molecule has 0 saturated carbocycles. The predicted molar refractivity (Wildman–Crippen MR) is 63.3 cm³/mol. The minimum absolute atomic E-state index is 0.180. The Kier molecular flexibility index (Phi) is 7.62. The molecule has 0 aromatic carbocycles. The fraction of sp³-hybridized carbons (Fsp3) is 1.00. The second-order valence-electron chi connectivity index (χ2n) is 3.19. The lowest BCUT2D eigenvalue weighted by atomic mass is 10.5. The van der Waals surface area contributed by atoms with Crippen molar-refractivity contribution in [1.29, 1.82) is 0 Å². The van der Waals surface area contributed by atoms with Gasteiger partial charge in [0.05, 0.1) is 5.75 Å². The SMILES string of the molecule is CSCCCNCCS(=O)(=O)N(C)C. The van der Waals surface area contributed by atoms with E-state index in [9.17, 15) is 8.42 Å². The third-order valence-electron chi connectivity index (χ3n) is 1.80. The highest BCUT2D eigenvalue weighted by Crippen LogP contribution is 1.94. The van der Waals surface area contributed by atoms with Gasteiger partial charge >= 0.3 is 0 Å². The van der Waals surface area contributed by atoms with Crippen molar-refractivity contribution in [3.63, 3.8) is 0 Å². The van der Waals surface area contributed by atoms with Gasteiger partial charge in [-0.05, 0) is 25.0 Å². The number of nitrogens with one attached hydrogen (secondary N) is 1. The summed E-state index contributed by atoms with van der Waals surface area (Å²) in [7, 11) is 0.0919. The molecular formula is C8H20N2O2S2. The number of thioether (sulfide) groups is 1. The van der Waals surface area contributed by atoms with Gasteiger partial charge in [-0.3, -0.25) is 0 Å². The Morgan fingerprint density at radius 3 is 2.43 bits per heavy atom. The molecule has 1 N–H and O–H groups in total. The number of hydrogen-bond acceptors (Lipinski definition) is 4. The molecule has 0 aliphatic heterocycles. The van der Waals surface area contributed by atoms with E-state index >= 15 is 0 Å². The Morgan fingerprint density at radius 2 is 1.93 bits per heavy atom. The molecule has 6 heteroatoms. The van der Waals surface area contributed by atoms with Gasteiger partial charge in [0, 0.05) is 20.6 Å². The molecule has 0 aliphatic rings. The molecule has 0 atom stereocenters. The Balaban J connectivity index is 3.46. The summed E-state index contributed by atoms with van der Waals surface area (Å²) in [4.78, 5) is 0. The van der Waals surface area contributed by atoms with Crippen molar-refractivity contribution in [3.05, 3.63) is 0 Å². The van der Waals surface area contributed by atoms with E-state index in [1.807, 2.05) is 0 Å². The first kappa shape index (κ1) is 14.2. The summed E-state index contributed by atoms with van der Waals surface area (Å²) in [6, 6.07) is 0. The topological polar surface area (TPSA) is 49.4 Å². The summed E-state index contributed by atoms with van der Waals surface area (Å²) in [5.41, 5.74) is 0. The molecule has 0 rings (SSSR count). The van der Waals surface area contributed by atoms with Crippen LogP contribution in [0.15, 0.2) is 0 Å². The number of hydrogen-bond donors (Lipinski definition) is 1. The average Bonchev–Trinajstić information content (AvgIpc) is 2.10. The monoisotopic (exact) mass is 240 g/mol. The largest absolute Gasteiger partial charge is 0.316 e. The molecule has 0 aromatic rings. The first-order chi connectivity index (χ1) is 6.50. The maximum Gasteiger partial charge on any atom is 0.214 e. The van der Waals surface area contributed by atoms with Crippen LogP contribution in [0.3, 0.4) is 0 Å². The fourth-order valence-corrected chi connectivity index (χ4v) is 2.05. The zero-order valence-corrected chi connectivity index (χ0v) is 10.7. The van der Waals surface area contributed by atoms with Crippen LogP contribution in [0.25, 0.3) is 0 Å². The van der Waals surface area contributed by atoms with E-state index in [4.69, 9.17) is 0 Å². The van der Waals surface area contributed by atoms with Crippen LogP contribution in [-0.4, -0.2) is 57.7 Å². The second-order valence-corrected chi connectivity index (χ2v) is 6.48. The van der Waals surface area contributed by atoms with Crippen LogP contribution in [-0.2, 0) is 10.0 Å². The maximum absolute atomic E-state index is 11.3. The summed E-state index contributed by atoms with van der Waals surface area (Å²) in [6.07, 6.45) is 3.15. The van der Waals surface area contributed by atoms with Gasteiger partial charge in [-0.25, -0.2) is 12.7 Å². The lowest BCUT2D eigenvalue weighted by Gasteiger charge is -2.11. The van der Waals surface area contributed by atoms with E-state index in [0.29, 0.717) is 6.54 Å². The van der Waals surface area contributed by atoms with Crippen LogP contribution >= 0.6 is 11.8 Å². The highest BCUT2D eigenvalue weighted by atomic mass is 32.2. The summed E-state index contributed by atoms with van der Waals surface area (Å²) in [6.45, 7) is 1.43. The summed E-state index contributed by atoms with van der Waals surface area (Å²) >= 11 is 1.80. The molecule has 0 radical (unpaired) electrons. The number of rotatable bonds is 8. The summed E-state index contributed by atoms with van der Waals surface area (Å²) in [5.74, 6) is 1.30. The van der Waals surface area contributed by atoms with Gasteiger partial charge < -0.3 is 5.32 Å². The van der Waals surface area contributed by atoms with Crippen LogP contribution in [0.1, 0.15) is 6.42 Å². The van der Waals surface area contributed by atoms with E-state index in [1.54, 1.807) is 25.9 Å². The molecule has 0 amide bonds. The molecule has 14 heavy (non-hydrogen) atoms. The van der Waals surface area contributed by atoms with Crippen molar-refractivity contribution in [3.8, 4) is 0 Å². The standard InChI is InChI=1S/C8H20N2O2S2/c1-10(2)14(11,12)8-6-9-5-4-7-13-3/h9H,4-8H2,1-3H3. The number of sulfonamides is 1. The van der Waals surface area contributed by atoms with Crippen LogP contribution < -0.4 is 5.32 Å². The van der Waals surface area contributed by atoms with Gasteiger partial charge in [0.25, 0.3) is 0 Å². The van der Waals surface area contributed by atoms with Gasteiger partial charge in [0.15, 0.2) is 0 Å². The first-order valence-electron chi connectivity index (χ1n) is 4.60. The zero-order valence-electron chi connectivity index (χ0n) is 9.12. The second kappa shape index (κ2) is 7.50. The molecule has 0 aromatic heterocycles. The van der Waals surface area contributed by atoms with E-state index in [-0.39, 0.29) is 5.75 Å². The minimum Gasteiger partial charge on any atom is -0.316 e. The quantitative estimate of drug-likeness (QED) is 0.617. The number of nitrogens with zero attached hydrogens (tertiary/aromatic N) is 1. The van der Waals surface area contributed by atoms with Crippen LogP contribution in [0.5, 0.6) is 0 Å². The van der Waals surface area contributed by atoms with Crippen molar-refractivity contribution in [2.24, 2.45) is 0 Å². The van der Waals surface area contributed by atoms with E-state index < -0.39 is 10.0 Å². The van der Waals surface area contributed by atoms with Gasteiger partial charge in [-0.2, -0.15) is 11.8 Å². The molecule has 0 fully saturated rings. The van der Waals surface area contributed by atoms with E-state index in [1.165, 1.54) is 4.31 Å². The van der Waals surface area contributed by atoms with E-state index in [0.717, 1.165) is 18.7 Å². The lowest BCUT2D eigenvalue weighted by molar-refractivity contribution is 0.517. The van der Waals surface area contributed by atoms with Crippen molar-refractivity contribution >= 4 is 21.8 Å². The summed E-state index contributed by atoms with van der Waals surface area (Å²) in [5, 5.41) is 3.11. The maximum atomic E-state index is 11.3. The first-order valence-corrected chi connectivity index (χ1v) is 7.61. The molecule has 0 spiro atoms. The average molecular weight is 240 g/mol. The Labute approximate surface area is 91.5 Å². The normalized spacial score (nSPS) is 12.3. The van der Waals surface area contributed by atoms with E-state index in [2.05, 4.69) is 11.6 Å². The fourth-order valence-electron chi connectivity index (χ4n) is 0.850. The zero-order chi connectivity index (χ0) is 11.0. The molecule has 0 saturated heterocycles. The van der Waals surface area contributed by atoms with Crippen molar-refractivity contribution in [1.82, 2.24) is 9.62 Å². The molecule has 0 aliphatic carbocycles. The third kappa shape index (κ3) is 6.64.